The molecule has 2 aromatic rings. The van der Waals surface area contributed by atoms with E-state index in [0.29, 0.717) is 0 Å². The minimum absolute atomic E-state index is 0.0102. The fourth-order valence-electron chi connectivity index (χ4n) is 1.69. The fourth-order valence-corrected chi connectivity index (χ4v) is 1.69. The molecule has 0 radical (unpaired) electrons. The molecule has 0 aliphatic carbocycles. The van der Waals surface area contributed by atoms with Gasteiger partial charge in [0.25, 0.3) is 0 Å². The van der Waals surface area contributed by atoms with Gasteiger partial charge in [-0.15, -0.1) is 0 Å². The largest absolute Gasteiger partial charge is 0.395 e. The van der Waals surface area contributed by atoms with Crippen LogP contribution in [0.4, 0.5) is 33.3 Å². The van der Waals surface area contributed by atoms with Gasteiger partial charge in [-0.1, -0.05) is 6.07 Å². The molecular weight excluding hydrogens is 295 g/mol. The highest BCUT2D eigenvalue weighted by molar-refractivity contribution is 5.74. The molecule has 0 atom stereocenters. The van der Waals surface area contributed by atoms with Crippen molar-refractivity contribution in [1.82, 2.24) is 9.97 Å². The number of benzene rings is 1. The third-order valence-electron chi connectivity index (χ3n) is 2.58. The fraction of sp³-hybridized carbons (Fsp3) is 0.167. The van der Waals surface area contributed by atoms with Crippen LogP contribution in [0, 0.1) is 15.9 Å². The molecule has 10 heteroatoms. The number of nitro groups is 1. The zero-order valence-electron chi connectivity index (χ0n) is 11.3. The van der Waals surface area contributed by atoms with E-state index in [9.17, 15) is 14.5 Å². The van der Waals surface area contributed by atoms with Gasteiger partial charge in [0, 0.05) is 12.2 Å². The van der Waals surface area contributed by atoms with E-state index in [2.05, 4.69) is 20.6 Å². The second-order valence-electron chi connectivity index (χ2n) is 4.17. The summed E-state index contributed by atoms with van der Waals surface area (Å²) < 4.78 is 13.2. The standard InChI is InChI=1S/C12H13FN6O3/c13-7-2-1-3-8(6-7)16-11-9(19(21)22)10(14)17-12(18-11)15-4-5-20/h1-3,6,20H,4-5H2,(H4,14,15,16,17,18). The average Bonchev–Trinajstić information content (AvgIpc) is 2.44. The minimum Gasteiger partial charge on any atom is -0.395 e. The molecule has 1 heterocycles. The monoisotopic (exact) mass is 308 g/mol. The Kier molecular flexibility index (Phi) is 4.63. The molecule has 9 nitrogen and oxygen atoms in total. The van der Waals surface area contributed by atoms with Crippen molar-refractivity contribution in [2.45, 2.75) is 0 Å². The van der Waals surface area contributed by atoms with Gasteiger partial charge in [-0.05, 0) is 18.2 Å². The van der Waals surface area contributed by atoms with Crippen LogP contribution in [-0.2, 0) is 0 Å². The first-order valence-electron chi connectivity index (χ1n) is 6.20. The molecule has 0 unspecified atom stereocenters. The zero-order chi connectivity index (χ0) is 16.1. The summed E-state index contributed by atoms with van der Waals surface area (Å²) in [4.78, 5) is 18.0. The van der Waals surface area contributed by atoms with Crippen LogP contribution in [0.1, 0.15) is 0 Å². The molecule has 0 spiro atoms. The van der Waals surface area contributed by atoms with E-state index in [-0.39, 0.29) is 36.4 Å². The Labute approximate surface area is 124 Å². The Morgan fingerprint density at radius 1 is 1.41 bits per heavy atom. The summed E-state index contributed by atoms with van der Waals surface area (Å²) in [5.74, 6) is -1.02. The Hall–Kier alpha value is -3.01. The minimum atomic E-state index is -0.729. The normalized spacial score (nSPS) is 10.3. The number of aromatic nitrogens is 2. The Morgan fingerprint density at radius 3 is 2.82 bits per heavy atom. The van der Waals surface area contributed by atoms with Crippen molar-refractivity contribution in [2.24, 2.45) is 0 Å². The molecule has 0 bridgehead atoms. The molecule has 22 heavy (non-hydrogen) atoms. The van der Waals surface area contributed by atoms with Gasteiger partial charge in [-0.25, -0.2) is 4.39 Å². The lowest BCUT2D eigenvalue weighted by Gasteiger charge is -2.10. The number of nitrogens with two attached hydrogens (primary N) is 1. The number of nitrogens with one attached hydrogen (secondary N) is 2. The van der Waals surface area contributed by atoms with Crippen LogP contribution in [-0.4, -0.2) is 33.1 Å². The predicted molar refractivity (Wildman–Crippen MR) is 78.4 cm³/mol. The van der Waals surface area contributed by atoms with Crippen molar-refractivity contribution in [2.75, 3.05) is 29.5 Å². The van der Waals surface area contributed by atoms with E-state index in [4.69, 9.17) is 10.8 Å². The van der Waals surface area contributed by atoms with Gasteiger partial charge in [0.15, 0.2) is 0 Å². The first kappa shape index (κ1) is 15.4. The van der Waals surface area contributed by atoms with Crippen molar-refractivity contribution >= 4 is 29.0 Å². The van der Waals surface area contributed by atoms with Crippen LogP contribution in [0.15, 0.2) is 24.3 Å². The highest BCUT2D eigenvalue weighted by Gasteiger charge is 2.23. The molecule has 0 saturated heterocycles. The lowest BCUT2D eigenvalue weighted by Crippen LogP contribution is -2.12. The van der Waals surface area contributed by atoms with Gasteiger partial charge in [0.1, 0.15) is 5.82 Å². The van der Waals surface area contributed by atoms with Gasteiger partial charge in [0.05, 0.1) is 11.5 Å². The highest BCUT2D eigenvalue weighted by atomic mass is 19.1. The Balaban J connectivity index is 2.41. The predicted octanol–water partition coefficient (Wildman–Crippen LogP) is 1.25. The lowest BCUT2D eigenvalue weighted by atomic mass is 10.3. The summed E-state index contributed by atoms with van der Waals surface area (Å²) in [5.41, 5.74) is 5.33. The summed E-state index contributed by atoms with van der Waals surface area (Å²) >= 11 is 0. The van der Waals surface area contributed by atoms with Gasteiger partial charge in [0.2, 0.25) is 17.6 Å². The highest BCUT2D eigenvalue weighted by Crippen LogP contribution is 2.31. The number of aliphatic hydroxyl groups excluding tert-OH is 1. The van der Waals surface area contributed by atoms with Gasteiger partial charge >= 0.3 is 5.69 Å². The number of rotatable bonds is 6. The smallest absolute Gasteiger partial charge is 0.353 e. The maximum Gasteiger partial charge on any atom is 0.353 e. The first-order chi connectivity index (χ1) is 10.5. The molecule has 0 saturated carbocycles. The topological polar surface area (TPSA) is 139 Å². The second kappa shape index (κ2) is 6.63. The molecule has 0 aliphatic rings. The first-order valence-corrected chi connectivity index (χ1v) is 6.20. The molecule has 0 aliphatic heterocycles. The molecule has 116 valence electrons. The molecule has 0 amide bonds. The van der Waals surface area contributed by atoms with Crippen molar-refractivity contribution in [1.29, 1.82) is 0 Å². The molecule has 1 aromatic carbocycles. The average molecular weight is 308 g/mol. The van der Waals surface area contributed by atoms with Crippen LogP contribution >= 0.6 is 0 Å². The molecule has 2 rings (SSSR count). The van der Waals surface area contributed by atoms with E-state index in [1.54, 1.807) is 0 Å². The van der Waals surface area contributed by atoms with Crippen LogP contribution in [0.3, 0.4) is 0 Å². The van der Waals surface area contributed by atoms with Crippen LogP contribution < -0.4 is 16.4 Å². The van der Waals surface area contributed by atoms with Crippen LogP contribution in [0.5, 0.6) is 0 Å². The van der Waals surface area contributed by atoms with Crippen LogP contribution in [0.25, 0.3) is 0 Å². The van der Waals surface area contributed by atoms with E-state index < -0.39 is 16.4 Å². The molecule has 5 N–H and O–H groups in total. The Morgan fingerprint density at radius 2 is 2.18 bits per heavy atom. The van der Waals surface area contributed by atoms with Gasteiger partial charge in [-0.3, -0.25) is 10.1 Å². The quantitative estimate of drug-likeness (QED) is 0.462. The number of nitrogen functional groups attached to an aromatic ring is 1. The summed E-state index contributed by atoms with van der Waals surface area (Å²) in [6.07, 6.45) is 0. The SMILES string of the molecule is Nc1nc(NCCO)nc(Nc2cccc(F)c2)c1[N+](=O)[O-]. The third kappa shape index (κ3) is 3.55. The third-order valence-corrected chi connectivity index (χ3v) is 2.58. The molecular formula is C12H13FN6O3. The van der Waals surface area contributed by atoms with E-state index in [1.165, 1.54) is 18.2 Å². The summed E-state index contributed by atoms with van der Waals surface area (Å²) in [6.45, 7) is -0.0242. The van der Waals surface area contributed by atoms with Crippen molar-refractivity contribution < 1.29 is 14.4 Å². The van der Waals surface area contributed by atoms with Gasteiger partial charge < -0.3 is 21.5 Å². The van der Waals surface area contributed by atoms with E-state index in [1.807, 2.05) is 0 Å². The second-order valence-corrected chi connectivity index (χ2v) is 4.17. The number of nitrogens with zero attached hydrogens (tertiary/aromatic N) is 3. The summed E-state index contributed by atoms with van der Waals surface area (Å²) in [6, 6.07) is 5.36. The molecule has 0 fully saturated rings. The number of aliphatic hydroxyl groups is 1. The number of hydrogen-bond donors (Lipinski definition) is 4. The van der Waals surface area contributed by atoms with E-state index >= 15 is 0 Å². The summed E-state index contributed by atoms with van der Waals surface area (Å²) in [7, 11) is 0. The maximum absolute atomic E-state index is 13.2. The number of hydrogen-bond acceptors (Lipinski definition) is 8. The lowest BCUT2D eigenvalue weighted by molar-refractivity contribution is -0.383. The summed E-state index contributed by atoms with van der Waals surface area (Å²) in [5, 5.41) is 25.1. The number of anilines is 4. The van der Waals surface area contributed by atoms with Crippen molar-refractivity contribution in [3.05, 3.63) is 40.2 Å². The van der Waals surface area contributed by atoms with Crippen molar-refractivity contribution in [3.63, 3.8) is 0 Å². The van der Waals surface area contributed by atoms with E-state index in [0.717, 1.165) is 6.07 Å². The van der Waals surface area contributed by atoms with Crippen LogP contribution in [0.2, 0.25) is 0 Å². The van der Waals surface area contributed by atoms with Gasteiger partial charge in [-0.2, -0.15) is 9.97 Å². The Bertz CT molecular complexity index is 697. The maximum atomic E-state index is 13.2. The molecule has 1 aromatic heterocycles. The van der Waals surface area contributed by atoms with Crippen molar-refractivity contribution in [3.8, 4) is 0 Å². The zero-order valence-corrected chi connectivity index (χ0v) is 11.3. The number of halogens is 1.